The molecular weight excluding hydrogens is 596 g/mol. The van der Waals surface area contributed by atoms with Gasteiger partial charge in [-0.1, -0.05) is 91.0 Å². The Morgan fingerprint density at radius 1 is 0.915 bits per heavy atom. The number of hydrogen-bond donors (Lipinski definition) is 4. The predicted molar refractivity (Wildman–Crippen MR) is 178 cm³/mol. The lowest BCUT2D eigenvalue weighted by Gasteiger charge is -2.24. The number of nitrogens with one attached hydrogen (secondary N) is 3. The number of fused-ring (bicyclic) bond motifs is 1. The molecule has 0 aromatic heterocycles. The molecule has 11 nitrogen and oxygen atoms in total. The van der Waals surface area contributed by atoms with Crippen molar-refractivity contribution in [2.45, 2.75) is 38.6 Å². The SMILES string of the molecule is NC(=O)CC1Nc2cc(C(=O)NCc3ccc(C=NNC(=O)OCc4ccccc4)cc3)ccc2CN(CCc2ccccc2)C1=O. The standard InChI is InChI=1S/C36H36N6O5/c37-33(43)20-32-35(45)42(18-17-25-7-3-1-4-8-25)23-30-16-15-29(19-31(30)40-32)34(44)38-21-26-11-13-27(14-12-26)22-39-41-36(46)47-24-28-9-5-2-6-10-28/h1-16,19,22,32,40H,17-18,20-21,23-24H2,(H2,37,43)(H,38,44)(H,41,46). The zero-order chi connectivity index (χ0) is 33.0. The van der Waals surface area contributed by atoms with Gasteiger partial charge < -0.3 is 26.0 Å². The quantitative estimate of drug-likeness (QED) is 0.136. The first-order valence-corrected chi connectivity index (χ1v) is 15.2. The molecule has 5 rings (SSSR count). The molecule has 0 spiro atoms. The smallest absolute Gasteiger partial charge is 0.428 e. The largest absolute Gasteiger partial charge is 0.443 e. The second-order valence-corrected chi connectivity index (χ2v) is 11.1. The van der Waals surface area contributed by atoms with E-state index in [0.717, 1.165) is 27.8 Å². The maximum atomic E-state index is 13.4. The van der Waals surface area contributed by atoms with E-state index >= 15 is 0 Å². The Balaban J connectivity index is 1.15. The van der Waals surface area contributed by atoms with Crippen LogP contribution < -0.4 is 21.8 Å². The highest BCUT2D eigenvalue weighted by Crippen LogP contribution is 2.26. The summed E-state index contributed by atoms with van der Waals surface area (Å²) in [5.74, 6) is -1.10. The summed E-state index contributed by atoms with van der Waals surface area (Å²) in [5.41, 5.74) is 13.3. The van der Waals surface area contributed by atoms with E-state index in [0.29, 0.717) is 30.8 Å². The average Bonchev–Trinajstić information content (AvgIpc) is 3.21. The molecule has 1 heterocycles. The molecule has 0 bridgehead atoms. The first-order valence-electron chi connectivity index (χ1n) is 15.2. The molecule has 0 aliphatic carbocycles. The van der Waals surface area contributed by atoms with E-state index in [2.05, 4.69) is 21.2 Å². The predicted octanol–water partition coefficient (Wildman–Crippen LogP) is 4.12. The molecule has 1 aliphatic heterocycles. The summed E-state index contributed by atoms with van der Waals surface area (Å²) < 4.78 is 5.12. The summed E-state index contributed by atoms with van der Waals surface area (Å²) in [6, 6.07) is 30.9. The van der Waals surface area contributed by atoms with E-state index in [1.54, 1.807) is 17.0 Å². The first-order chi connectivity index (χ1) is 22.8. The highest BCUT2D eigenvalue weighted by atomic mass is 16.6. The number of hydrogen-bond acceptors (Lipinski definition) is 7. The number of hydrazone groups is 1. The molecule has 0 saturated carbocycles. The number of nitrogens with two attached hydrogens (primary N) is 1. The number of ether oxygens (including phenoxy) is 1. The Morgan fingerprint density at radius 3 is 2.32 bits per heavy atom. The lowest BCUT2D eigenvalue weighted by Crippen LogP contribution is -2.43. The lowest BCUT2D eigenvalue weighted by atomic mass is 10.1. The summed E-state index contributed by atoms with van der Waals surface area (Å²) in [7, 11) is 0. The third-order valence-electron chi connectivity index (χ3n) is 7.61. The summed E-state index contributed by atoms with van der Waals surface area (Å²) in [5, 5.41) is 10.00. The highest BCUT2D eigenvalue weighted by molar-refractivity contribution is 5.96. The second-order valence-electron chi connectivity index (χ2n) is 11.1. The van der Waals surface area contributed by atoms with Crippen molar-refractivity contribution in [1.82, 2.24) is 15.6 Å². The van der Waals surface area contributed by atoms with Gasteiger partial charge in [-0.05, 0) is 46.4 Å². The van der Waals surface area contributed by atoms with Crippen LogP contribution in [0.2, 0.25) is 0 Å². The molecule has 4 amide bonds. The van der Waals surface area contributed by atoms with Crippen molar-refractivity contribution in [3.63, 3.8) is 0 Å². The van der Waals surface area contributed by atoms with Gasteiger partial charge >= 0.3 is 6.09 Å². The molecule has 1 aliphatic rings. The Bertz CT molecular complexity index is 1730. The summed E-state index contributed by atoms with van der Waals surface area (Å²) in [6.07, 6.45) is 1.34. The van der Waals surface area contributed by atoms with E-state index in [-0.39, 0.29) is 31.4 Å². The monoisotopic (exact) mass is 632 g/mol. The van der Waals surface area contributed by atoms with Crippen LogP contribution in [0.15, 0.2) is 108 Å². The molecule has 1 atom stereocenters. The normalized spacial score (nSPS) is 14.1. The summed E-state index contributed by atoms with van der Waals surface area (Å²) in [6.45, 7) is 1.24. The minimum atomic E-state index is -0.833. The van der Waals surface area contributed by atoms with E-state index in [4.69, 9.17) is 10.5 Å². The lowest BCUT2D eigenvalue weighted by molar-refractivity contribution is -0.134. The molecule has 1 unspecified atom stereocenters. The van der Waals surface area contributed by atoms with Gasteiger partial charge in [0.1, 0.15) is 12.6 Å². The number of amides is 4. The Morgan fingerprint density at radius 2 is 1.62 bits per heavy atom. The number of primary amides is 1. The first kappa shape index (κ1) is 32.4. The van der Waals surface area contributed by atoms with Crippen molar-refractivity contribution < 1.29 is 23.9 Å². The fourth-order valence-electron chi connectivity index (χ4n) is 5.10. The van der Waals surface area contributed by atoms with Gasteiger partial charge in [0.15, 0.2) is 0 Å². The van der Waals surface area contributed by atoms with Gasteiger partial charge in [-0.3, -0.25) is 14.4 Å². The van der Waals surface area contributed by atoms with Crippen LogP contribution >= 0.6 is 0 Å². The van der Waals surface area contributed by atoms with Crippen LogP contribution in [-0.4, -0.2) is 47.5 Å². The van der Waals surface area contributed by atoms with Crippen LogP contribution in [0.5, 0.6) is 0 Å². The number of anilines is 1. The van der Waals surface area contributed by atoms with Gasteiger partial charge in [-0.15, -0.1) is 0 Å². The minimum Gasteiger partial charge on any atom is -0.443 e. The van der Waals surface area contributed by atoms with Crippen molar-refractivity contribution in [3.8, 4) is 0 Å². The zero-order valence-electron chi connectivity index (χ0n) is 25.7. The van der Waals surface area contributed by atoms with Crippen molar-refractivity contribution in [2.75, 3.05) is 11.9 Å². The third kappa shape index (κ3) is 9.51. The molecule has 47 heavy (non-hydrogen) atoms. The highest BCUT2D eigenvalue weighted by Gasteiger charge is 2.30. The van der Waals surface area contributed by atoms with Crippen LogP contribution in [0.25, 0.3) is 0 Å². The van der Waals surface area contributed by atoms with Crippen LogP contribution in [-0.2, 0) is 40.4 Å². The summed E-state index contributed by atoms with van der Waals surface area (Å²) >= 11 is 0. The van der Waals surface area contributed by atoms with Crippen molar-refractivity contribution in [3.05, 3.63) is 137 Å². The number of carbonyl (C=O) groups is 4. The Kier molecular flexibility index (Phi) is 10.9. The topological polar surface area (TPSA) is 155 Å². The van der Waals surface area contributed by atoms with E-state index in [9.17, 15) is 19.2 Å². The minimum absolute atomic E-state index is 0.147. The van der Waals surface area contributed by atoms with Crippen molar-refractivity contribution >= 4 is 35.7 Å². The summed E-state index contributed by atoms with van der Waals surface area (Å²) in [4.78, 5) is 51.9. The van der Waals surface area contributed by atoms with Crippen LogP contribution in [0.3, 0.4) is 0 Å². The Hall–Kier alpha value is -5.97. The molecule has 240 valence electrons. The third-order valence-corrected chi connectivity index (χ3v) is 7.61. The maximum Gasteiger partial charge on any atom is 0.428 e. The van der Waals surface area contributed by atoms with Gasteiger partial charge in [-0.25, -0.2) is 10.2 Å². The maximum absolute atomic E-state index is 13.4. The van der Waals surface area contributed by atoms with Gasteiger partial charge in [0.25, 0.3) is 5.91 Å². The number of nitrogens with zero attached hydrogens (tertiary/aromatic N) is 2. The molecular formula is C36H36N6O5. The average molecular weight is 633 g/mol. The van der Waals surface area contributed by atoms with E-state index < -0.39 is 18.0 Å². The van der Waals surface area contributed by atoms with Gasteiger partial charge in [0.2, 0.25) is 11.8 Å². The second kappa shape index (κ2) is 15.8. The van der Waals surface area contributed by atoms with Crippen molar-refractivity contribution in [1.29, 1.82) is 0 Å². The van der Waals surface area contributed by atoms with Crippen LogP contribution in [0, 0.1) is 0 Å². The van der Waals surface area contributed by atoms with Gasteiger partial charge in [0, 0.05) is 30.9 Å². The van der Waals surface area contributed by atoms with Crippen LogP contribution in [0.4, 0.5) is 10.5 Å². The van der Waals surface area contributed by atoms with E-state index in [1.165, 1.54) is 6.21 Å². The fourth-order valence-corrected chi connectivity index (χ4v) is 5.10. The van der Waals surface area contributed by atoms with Gasteiger partial charge in [-0.2, -0.15) is 5.10 Å². The molecule has 0 fully saturated rings. The number of rotatable bonds is 12. The van der Waals surface area contributed by atoms with Crippen LogP contribution in [0.1, 0.15) is 44.6 Å². The molecule has 11 heteroatoms. The molecule has 4 aromatic carbocycles. The zero-order valence-corrected chi connectivity index (χ0v) is 25.7. The molecule has 4 aromatic rings. The molecule has 5 N–H and O–H groups in total. The Labute approximate surface area is 272 Å². The fraction of sp³-hybridized carbons (Fsp3) is 0.194. The molecule has 0 radical (unpaired) electrons. The molecule has 0 saturated heterocycles. The van der Waals surface area contributed by atoms with Crippen molar-refractivity contribution in [2.24, 2.45) is 10.8 Å². The number of benzene rings is 4. The van der Waals surface area contributed by atoms with Gasteiger partial charge in [0.05, 0.1) is 12.6 Å². The number of carbonyl (C=O) groups excluding carboxylic acids is 4. The van der Waals surface area contributed by atoms with E-state index in [1.807, 2.05) is 91.0 Å².